The van der Waals surface area contributed by atoms with Crippen LogP contribution in [0, 0.1) is 18.8 Å². The number of rotatable bonds is 6. The molecule has 142 valence electrons. The maximum absolute atomic E-state index is 12.5. The number of furan rings is 1. The molecule has 0 radical (unpaired) electrons. The van der Waals surface area contributed by atoms with Crippen LogP contribution >= 0.6 is 0 Å². The average Bonchev–Trinajstić information content (AvgIpc) is 2.94. The standard InChI is InChI=1S/C21H30N2O3/c1-14-10-15(2)13-23(12-14)9-5-8-22-21(24)20-16(3)18-11-17(25-4)6-7-19(18)26-20/h6-7,11,14-15H,5,8-10,12-13H2,1-4H3,(H,22,24). The Kier molecular flexibility index (Phi) is 5.87. The Bertz CT molecular complexity index is 758. The number of carbonyl (C=O) groups is 1. The van der Waals surface area contributed by atoms with Gasteiger partial charge in [0.15, 0.2) is 5.76 Å². The number of hydrogen-bond donors (Lipinski definition) is 1. The van der Waals surface area contributed by atoms with E-state index in [1.165, 1.54) is 19.5 Å². The quantitative estimate of drug-likeness (QED) is 0.797. The summed E-state index contributed by atoms with van der Waals surface area (Å²) in [6.07, 6.45) is 2.28. The molecule has 0 bridgehead atoms. The molecule has 2 heterocycles. The summed E-state index contributed by atoms with van der Waals surface area (Å²) in [5.41, 5.74) is 1.57. The zero-order valence-electron chi connectivity index (χ0n) is 16.3. The molecule has 2 aromatic rings. The molecule has 0 saturated carbocycles. The van der Waals surface area contributed by atoms with E-state index in [4.69, 9.17) is 9.15 Å². The lowest BCUT2D eigenvalue weighted by molar-refractivity contribution is 0.0921. The van der Waals surface area contributed by atoms with Crippen LogP contribution in [-0.2, 0) is 0 Å². The third-order valence-corrected chi connectivity index (χ3v) is 5.23. The summed E-state index contributed by atoms with van der Waals surface area (Å²) in [5, 5.41) is 3.92. The van der Waals surface area contributed by atoms with E-state index < -0.39 is 0 Å². The number of hydrogen-bond acceptors (Lipinski definition) is 4. The van der Waals surface area contributed by atoms with Crippen molar-refractivity contribution in [1.29, 1.82) is 0 Å². The number of nitrogens with zero attached hydrogens (tertiary/aromatic N) is 1. The van der Waals surface area contributed by atoms with Gasteiger partial charge in [-0.3, -0.25) is 4.79 Å². The number of aryl methyl sites for hydroxylation is 1. The minimum atomic E-state index is -0.141. The number of piperidine rings is 1. The lowest BCUT2D eigenvalue weighted by Crippen LogP contribution is -2.40. The molecule has 1 saturated heterocycles. The minimum absolute atomic E-state index is 0.141. The van der Waals surface area contributed by atoms with Gasteiger partial charge in [0, 0.05) is 30.6 Å². The molecule has 1 fully saturated rings. The molecule has 3 rings (SSSR count). The Balaban J connectivity index is 1.54. The van der Waals surface area contributed by atoms with Gasteiger partial charge in [-0.05, 0) is 56.3 Å². The zero-order chi connectivity index (χ0) is 18.7. The van der Waals surface area contributed by atoms with Gasteiger partial charge in [0.1, 0.15) is 11.3 Å². The number of carbonyl (C=O) groups excluding carboxylic acids is 1. The summed E-state index contributed by atoms with van der Waals surface area (Å²) in [4.78, 5) is 15.0. The molecule has 2 unspecified atom stereocenters. The van der Waals surface area contributed by atoms with E-state index in [-0.39, 0.29) is 5.91 Å². The van der Waals surface area contributed by atoms with E-state index >= 15 is 0 Å². The smallest absolute Gasteiger partial charge is 0.287 e. The van der Waals surface area contributed by atoms with Crippen LogP contribution < -0.4 is 10.1 Å². The van der Waals surface area contributed by atoms with Gasteiger partial charge in [-0.25, -0.2) is 0 Å². The van der Waals surface area contributed by atoms with Crippen molar-refractivity contribution in [2.75, 3.05) is 33.3 Å². The summed E-state index contributed by atoms with van der Waals surface area (Å²) in [6.45, 7) is 10.6. The molecule has 1 N–H and O–H groups in total. The second kappa shape index (κ2) is 8.12. The molecular formula is C21H30N2O3. The number of nitrogens with one attached hydrogen (secondary N) is 1. The molecule has 1 aliphatic heterocycles. The fraction of sp³-hybridized carbons (Fsp3) is 0.571. The number of likely N-dealkylation sites (tertiary alicyclic amines) is 1. The van der Waals surface area contributed by atoms with Crippen LogP contribution in [0.25, 0.3) is 11.0 Å². The molecule has 0 aliphatic carbocycles. The Hall–Kier alpha value is -2.01. The molecule has 2 atom stereocenters. The second-order valence-electron chi connectivity index (χ2n) is 7.73. The van der Waals surface area contributed by atoms with Crippen LogP contribution in [0.3, 0.4) is 0 Å². The second-order valence-corrected chi connectivity index (χ2v) is 7.73. The van der Waals surface area contributed by atoms with E-state index in [2.05, 4.69) is 24.1 Å². The van der Waals surface area contributed by atoms with Crippen molar-refractivity contribution in [3.05, 3.63) is 29.5 Å². The highest BCUT2D eigenvalue weighted by Gasteiger charge is 2.21. The summed E-state index contributed by atoms with van der Waals surface area (Å²) in [7, 11) is 1.63. The van der Waals surface area contributed by atoms with Gasteiger partial charge in [0.2, 0.25) is 0 Å². The normalized spacial score (nSPS) is 21.1. The molecule has 0 spiro atoms. The molecule has 1 aromatic heterocycles. The van der Waals surface area contributed by atoms with Crippen LogP contribution in [0.5, 0.6) is 5.75 Å². The lowest BCUT2D eigenvalue weighted by Gasteiger charge is -2.34. The SMILES string of the molecule is COc1ccc2oc(C(=O)NCCCN3CC(C)CC(C)C3)c(C)c2c1. The van der Waals surface area contributed by atoms with Gasteiger partial charge in [-0.1, -0.05) is 13.8 Å². The molecule has 5 nitrogen and oxygen atoms in total. The average molecular weight is 358 g/mol. The van der Waals surface area contributed by atoms with Crippen molar-refractivity contribution in [2.45, 2.75) is 33.6 Å². The molecule has 26 heavy (non-hydrogen) atoms. The summed E-state index contributed by atoms with van der Waals surface area (Å²) >= 11 is 0. The Morgan fingerprint density at radius 1 is 1.31 bits per heavy atom. The Morgan fingerprint density at radius 2 is 2.04 bits per heavy atom. The summed E-state index contributed by atoms with van der Waals surface area (Å²) in [5.74, 6) is 2.55. The molecule has 1 aromatic carbocycles. The summed E-state index contributed by atoms with van der Waals surface area (Å²) in [6, 6.07) is 5.59. The maximum atomic E-state index is 12.5. The first kappa shape index (κ1) is 18.8. The topological polar surface area (TPSA) is 54.7 Å². The van der Waals surface area contributed by atoms with Crippen molar-refractivity contribution in [3.8, 4) is 5.75 Å². The fourth-order valence-electron chi connectivity index (χ4n) is 4.10. The van der Waals surface area contributed by atoms with Gasteiger partial charge in [0.05, 0.1) is 7.11 Å². The molecular weight excluding hydrogens is 328 g/mol. The van der Waals surface area contributed by atoms with Gasteiger partial charge in [0.25, 0.3) is 5.91 Å². The van der Waals surface area contributed by atoms with Crippen LogP contribution in [0.1, 0.15) is 42.8 Å². The first-order valence-electron chi connectivity index (χ1n) is 9.55. The van der Waals surface area contributed by atoms with Crippen molar-refractivity contribution in [3.63, 3.8) is 0 Å². The number of ether oxygens (including phenoxy) is 1. The first-order valence-corrected chi connectivity index (χ1v) is 9.55. The minimum Gasteiger partial charge on any atom is -0.497 e. The highest BCUT2D eigenvalue weighted by atomic mass is 16.5. The number of fused-ring (bicyclic) bond motifs is 1. The van der Waals surface area contributed by atoms with E-state index in [0.29, 0.717) is 17.9 Å². The molecule has 5 heteroatoms. The maximum Gasteiger partial charge on any atom is 0.287 e. The monoisotopic (exact) mass is 358 g/mol. The fourth-order valence-corrected chi connectivity index (χ4v) is 4.10. The van der Waals surface area contributed by atoms with E-state index in [1.807, 2.05) is 25.1 Å². The number of benzene rings is 1. The Morgan fingerprint density at radius 3 is 2.73 bits per heavy atom. The zero-order valence-corrected chi connectivity index (χ0v) is 16.3. The highest BCUT2D eigenvalue weighted by molar-refractivity contribution is 5.99. The van der Waals surface area contributed by atoms with E-state index in [1.54, 1.807) is 7.11 Å². The van der Waals surface area contributed by atoms with Crippen molar-refractivity contribution in [2.24, 2.45) is 11.8 Å². The number of methoxy groups -OCH3 is 1. The van der Waals surface area contributed by atoms with Crippen LogP contribution in [0.15, 0.2) is 22.6 Å². The Labute approximate surface area is 155 Å². The van der Waals surface area contributed by atoms with Gasteiger partial charge in [-0.15, -0.1) is 0 Å². The third kappa shape index (κ3) is 4.21. The van der Waals surface area contributed by atoms with Crippen LogP contribution in [0.4, 0.5) is 0 Å². The summed E-state index contributed by atoms with van der Waals surface area (Å²) < 4.78 is 11.0. The predicted octanol–water partition coefficient (Wildman–Crippen LogP) is 3.85. The van der Waals surface area contributed by atoms with Crippen molar-refractivity contribution < 1.29 is 13.9 Å². The largest absolute Gasteiger partial charge is 0.497 e. The molecule has 1 aliphatic rings. The predicted molar refractivity (Wildman–Crippen MR) is 104 cm³/mol. The van der Waals surface area contributed by atoms with Crippen LogP contribution in [0.2, 0.25) is 0 Å². The van der Waals surface area contributed by atoms with Gasteiger partial charge >= 0.3 is 0 Å². The molecule has 1 amide bonds. The van der Waals surface area contributed by atoms with Crippen molar-refractivity contribution >= 4 is 16.9 Å². The lowest BCUT2D eigenvalue weighted by atomic mass is 9.92. The third-order valence-electron chi connectivity index (χ3n) is 5.23. The van der Waals surface area contributed by atoms with Gasteiger partial charge < -0.3 is 19.4 Å². The van der Waals surface area contributed by atoms with Gasteiger partial charge in [-0.2, -0.15) is 0 Å². The van der Waals surface area contributed by atoms with Crippen molar-refractivity contribution in [1.82, 2.24) is 10.2 Å². The number of amides is 1. The van der Waals surface area contributed by atoms with Crippen LogP contribution in [-0.4, -0.2) is 44.1 Å². The first-order chi connectivity index (χ1) is 12.5. The van der Waals surface area contributed by atoms with E-state index in [9.17, 15) is 4.79 Å². The highest BCUT2D eigenvalue weighted by Crippen LogP contribution is 2.28. The van der Waals surface area contributed by atoms with E-state index in [0.717, 1.165) is 41.5 Å².